The molecule has 1 atom stereocenters. The van der Waals surface area contributed by atoms with E-state index in [2.05, 4.69) is 0 Å². The molecular formula is C12H12ClFO4. The molecule has 2 rings (SSSR count). The first-order valence-electron chi connectivity index (χ1n) is 5.43. The van der Waals surface area contributed by atoms with E-state index in [1.807, 2.05) is 0 Å². The number of hydrogen-bond donors (Lipinski definition) is 0. The van der Waals surface area contributed by atoms with Crippen LogP contribution in [0.3, 0.4) is 0 Å². The van der Waals surface area contributed by atoms with E-state index in [0.717, 1.165) is 12.5 Å². The molecule has 1 heterocycles. The average molecular weight is 275 g/mol. The van der Waals surface area contributed by atoms with Gasteiger partial charge < -0.3 is 14.2 Å². The molecule has 4 nitrogen and oxygen atoms in total. The lowest BCUT2D eigenvalue weighted by molar-refractivity contribution is 0.107. The van der Waals surface area contributed by atoms with Crippen molar-refractivity contribution in [1.29, 1.82) is 0 Å². The number of carbonyl (C=O) groups excluding carboxylic acids is 1. The maximum atomic E-state index is 13.5. The minimum atomic E-state index is -0.873. The molecule has 0 N–H and O–H groups in total. The smallest absolute Gasteiger partial charge is 0.255 e. The van der Waals surface area contributed by atoms with Crippen LogP contribution in [0.25, 0.3) is 0 Å². The van der Waals surface area contributed by atoms with Gasteiger partial charge in [0.1, 0.15) is 11.9 Å². The van der Waals surface area contributed by atoms with E-state index < -0.39 is 11.1 Å². The van der Waals surface area contributed by atoms with Crippen molar-refractivity contribution >= 4 is 16.8 Å². The predicted molar refractivity (Wildman–Crippen MR) is 63.0 cm³/mol. The third kappa shape index (κ3) is 2.73. The molecular weight excluding hydrogens is 263 g/mol. The average Bonchev–Trinajstić information content (AvgIpc) is 2.83. The maximum Gasteiger partial charge on any atom is 0.255 e. The number of hydrogen-bond acceptors (Lipinski definition) is 4. The van der Waals surface area contributed by atoms with Crippen LogP contribution in [0.5, 0.6) is 11.5 Å². The van der Waals surface area contributed by atoms with Gasteiger partial charge in [-0.05, 0) is 17.7 Å². The van der Waals surface area contributed by atoms with Gasteiger partial charge in [-0.3, -0.25) is 4.79 Å². The highest BCUT2D eigenvalue weighted by Crippen LogP contribution is 2.32. The summed E-state index contributed by atoms with van der Waals surface area (Å²) in [5, 5.41) is -0.873. The van der Waals surface area contributed by atoms with E-state index in [4.69, 9.17) is 25.8 Å². The molecule has 98 valence electrons. The molecule has 1 unspecified atom stereocenters. The zero-order chi connectivity index (χ0) is 13.1. The summed E-state index contributed by atoms with van der Waals surface area (Å²) in [5.74, 6) is -0.221. The van der Waals surface area contributed by atoms with Gasteiger partial charge >= 0.3 is 0 Å². The minimum absolute atomic E-state index is 0.123. The normalized spacial score (nSPS) is 18.7. The molecule has 0 radical (unpaired) electrons. The summed E-state index contributed by atoms with van der Waals surface area (Å²) in [7, 11) is 1.40. The highest BCUT2D eigenvalue weighted by Gasteiger charge is 2.21. The quantitative estimate of drug-likeness (QED) is 0.791. The van der Waals surface area contributed by atoms with Crippen molar-refractivity contribution in [2.75, 3.05) is 20.3 Å². The summed E-state index contributed by atoms with van der Waals surface area (Å²) in [5.41, 5.74) is -0.230. The van der Waals surface area contributed by atoms with Gasteiger partial charge in [0, 0.05) is 12.5 Å². The van der Waals surface area contributed by atoms with Gasteiger partial charge in [0.25, 0.3) is 5.24 Å². The largest absolute Gasteiger partial charge is 0.493 e. The molecule has 0 saturated carbocycles. The Labute approximate surface area is 109 Å². The van der Waals surface area contributed by atoms with Crippen LogP contribution in [-0.2, 0) is 4.74 Å². The molecule has 1 aromatic carbocycles. The second-order valence-corrected chi connectivity index (χ2v) is 4.20. The van der Waals surface area contributed by atoms with Crippen LogP contribution in [0, 0.1) is 5.82 Å². The van der Waals surface area contributed by atoms with Gasteiger partial charge in [-0.1, -0.05) is 0 Å². The number of halogens is 2. The number of methoxy groups -OCH3 is 1. The van der Waals surface area contributed by atoms with Gasteiger partial charge in [0.15, 0.2) is 11.5 Å². The van der Waals surface area contributed by atoms with Crippen LogP contribution in [0.1, 0.15) is 16.8 Å². The third-order valence-electron chi connectivity index (χ3n) is 2.65. The Morgan fingerprint density at radius 3 is 2.83 bits per heavy atom. The first-order valence-corrected chi connectivity index (χ1v) is 5.81. The second kappa shape index (κ2) is 5.54. The summed E-state index contributed by atoms with van der Waals surface area (Å²) in [4.78, 5) is 11.1. The van der Waals surface area contributed by atoms with E-state index in [1.165, 1.54) is 13.2 Å². The minimum Gasteiger partial charge on any atom is -0.493 e. The molecule has 1 saturated heterocycles. The lowest BCUT2D eigenvalue weighted by atomic mass is 10.2. The Hall–Kier alpha value is -1.33. The molecule has 1 aliphatic rings. The molecule has 1 aromatic rings. The van der Waals surface area contributed by atoms with Gasteiger partial charge in [-0.15, -0.1) is 0 Å². The Morgan fingerprint density at radius 2 is 2.28 bits per heavy atom. The van der Waals surface area contributed by atoms with Crippen molar-refractivity contribution in [3.63, 3.8) is 0 Å². The first-order chi connectivity index (χ1) is 8.61. The van der Waals surface area contributed by atoms with Crippen LogP contribution in [-0.4, -0.2) is 31.7 Å². The summed E-state index contributed by atoms with van der Waals surface area (Å²) in [6.07, 6.45) is 0.618. The van der Waals surface area contributed by atoms with E-state index >= 15 is 0 Å². The molecule has 0 bridgehead atoms. The van der Waals surface area contributed by atoms with Gasteiger partial charge in [0.2, 0.25) is 0 Å². The number of rotatable bonds is 4. The molecule has 0 spiro atoms. The SMILES string of the molecule is COc1cc(F)c(C(=O)Cl)cc1OC1CCOC1. The summed E-state index contributed by atoms with van der Waals surface area (Å²) < 4.78 is 29.3. The van der Waals surface area contributed by atoms with E-state index in [9.17, 15) is 9.18 Å². The standard InChI is InChI=1S/C12H12ClFO4/c1-16-10-5-9(14)8(12(13)15)4-11(10)18-7-2-3-17-6-7/h4-5,7H,2-3,6H2,1H3. The molecule has 6 heteroatoms. The molecule has 0 aromatic heterocycles. The fraction of sp³-hybridized carbons (Fsp3) is 0.417. The monoisotopic (exact) mass is 274 g/mol. The van der Waals surface area contributed by atoms with Crippen molar-refractivity contribution < 1.29 is 23.4 Å². The van der Waals surface area contributed by atoms with Gasteiger partial charge in [-0.25, -0.2) is 4.39 Å². The maximum absolute atomic E-state index is 13.5. The Morgan fingerprint density at radius 1 is 1.50 bits per heavy atom. The van der Waals surface area contributed by atoms with Crippen LogP contribution < -0.4 is 9.47 Å². The van der Waals surface area contributed by atoms with Crippen molar-refractivity contribution in [3.8, 4) is 11.5 Å². The lowest BCUT2D eigenvalue weighted by Crippen LogP contribution is -2.16. The number of benzene rings is 1. The summed E-state index contributed by atoms with van der Waals surface area (Å²) >= 11 is 5.29. The van der Waals surface area contributed by atoms with Crippen molar-refractivity contribution in [3.05, 3.63) is 23.5 Å². The Kier molecular flexibility index (Phi) is 4.04. The van der Waals surface area contributed by atoms with E-state index in [0.29, 0.717) is 19.0 Å². The molecule has 1 fully saturated rings. The highest BCUT2D eigenvalue weighted by molar-refractivity contribution is 6.67. The van der Waals surface area contributed by atoms with Crippen molar-refractivity contribution in [2.24, 2.45) is 0 Å². The molecule has 18 heavy (non-hydrogen) atoms. The highest BCUT2D eigenvalue weighted by atomic mass is 35.5. The van der Waals surface area contributed by atoms with Crippen molar-refractivity contribution in [1.82, 2.24) is 0 Å². The zero-order valence-electron chi connectivity index (χ0n) is 9.74. The van der Waals surface area contributed by atoms with E-state index in [1.54, 1.807) is 0 Å². The fourth-order valence-electron chi connectivity index (χ4n) is 1.72. The number of carbonyl (C=O) groups is 1. The predicted octanol–water partition coefficient (Wildman–Crippen LogP) is 2.38. The van der Waals surface area contributed by atoms with Gasteiger partial charge in [-0.2, -0.15) is 0 Å². The third-order valence-corrected chi connectivity index (χ3v) is 2.85. The van der Waals surface area contributed by atoms with Crippen LogP contribution in [0.4, 0.5) is 4.39 Å². The number of ether oxygens (including phenoxy) is 3. The van der Waals surface area contributed by atoms with Crippen LogP contribution in [0.2, 0.25) is 0 Å². The lowest BCUT2D eigenvalue weighted by Gasteiger charge is -2.15. The fourth-order valence-corrected chi connectivity index (χ4v) is 1.87. The Balaban J connectivity index is 2.30. The second-order valence-electron chi connectivity index (χ2n) is 3.86. The van der Waals surface area contributed by atoms with Gasteiger partial charge in [0.05, 0.1) is 25.9 Å². The van der Waals surface area contributed by atoms with E-state index in [-0.39, 0.29) is 17.4 Å². The summed E-state index contributed by atoms with van der Waals surface area (Å²) in [6.45, 7) is 1.08. The zero-order valence-corrected chi connectivity index (χ0v) is 10.5. The van der Waals surface area contributed by atoms with Crippen molar-refractivity contribution in [2.45, 2.75) is 12.5 Å². The summed E-state index contributed by atoms with van der Waals surface area (Å²) in [6, 6.07) is 2.34. The topological polar surface area (TPSA) is 44.8 Å². The Bertz CT molecular complexity index is 458. The first kappa shape index (κ1) is 13.1. The van der Waals surface area contributed by atoms with Crippen LogP contribution in [0.15, 0.2) is 12.1 Å². The molecule has 1 aliphatic heterocycles. The molecule has 0 amide bonds. The van der Waals surface area contributed by atoms with Crippen LogP contribution >= 0.6 is 11.6 Å². The molecule has 0 aliphatic carbocycles.